The number of hydrogen-bond donors (Lipinski definition) is 2. The van der Waals surface area contributed by atoms with Gasteiger partial charge in [-0.25, -0.2) is 0 Å². The van der Waals surface area contributed by atoms with Gasteiger partial charge in [0.2, 0.25) is 0 Å². The molecule has 1 fully saturated rings. The molecule has 0 aromatic heterocycles. The van der Waals surface area contributed by atoms with Gasteiger partial charge in [-0.1, -0.05) is 6.92 Å². The minimum absolute atomic E-state index is 0.132. The highest BCUT2D eigenvalue weighted by atomic mass is 16.6. The van der Waals surface area contributed by atoms with Gasteiger partial charge in [0, 0.05) is 49.6 Å². The molecule has 2 rings (SSSR count). The Labute approximate surface area is 131 Å². The Bertz CT molecular complexity index is 484. The molecule has 2 atom stereocenters. The minimum atomic E-state index is -0.371. The smallest absolute Gasteiger partial charge is 0.269 e. The molecule has 6 heteroatoms. The fourth-order valence-corrected chi connectivity index (χ4v) is 2.78. The van der Waals surface area contributed by atoms with E-state index < -0.39 is 0 Å². The molecule has 0 amide bonds. The maximum atomic E-state index is 10.7. The number of nitrogens with zero attached hydrogens (tertiary/aromatic N) is 2. The number of nitrogens with one attached hydrogen (secondary N) is 1. The Morgan fingerprint density at radius 1 is 1.32 bits per heavy atom. The van der Waals surface area contributed by atoms with Crippen LogP contribution in [0, 0.1) is 16.0 Å². The number of rotatable bonds is 6. The largest absolute Gasteiger partial charge is 0.396 e. The van der Waals surface area contributed by atoms with Gasteiger partial charge in [0.15, 0.2) is 0 Å². The Morgan fingerprint density at radius 2 is 1.91 bits per heavy atom. The molecule has 1 heterocycles. The number of nitro benzene ring substituents is 1. The predicted molar refractivity (Wildman–Crippen MR) is 87.2 cm³/mol. The van der Waals surface area contributed by atoms with Crippen LogP contribution in [0.4, 0.5) is 11.4 Å². The lowest BCUT2D eigenvalue weighted by Gasteiger charge is -2.36. The van der Waals surface area contributed by atoms with Crippen molar-refractivity contribution in [2.45, 2.75) is 38.8 Å². The Hall–Kier alpha value is -1.66. The second kappa shape index (κ2) is 7.56. The minimum Gasteiger partial charge on any atom is -0.396 e. The molecule has 1 aromatic carbocycles. The molecular weight excluding hydrogens is 282 g/mol. The van der Waals surface area contributed by atoms with Gasteiger partial charge < -0.3 is 15.3 Å². The van der Waals surface area contributed by atoms with E-state index in [1.807, 2.05) is 19.1 Å². The van der Waals surface area contributed by atoms with Crippen LogP contribution < -0.4 is 10.2 Å². The highest BCUT2D eigenvalue weighted by Gasteiger charge is 2.22. The van der Waals surface area contributed by atoms with Crippen molar-refractivity contribution in [3.05, 3.63) is 34.4 Å². The molecule has 0 spiro atoms. The van der Waals surface area contributed by atoms with Crippen LogP contribution >= 0.6 is 0 Å². The number of hydrogen-bond acceptors (Lipinski definition) is 5. The first-order valence-corrected chi connectivity index (χ1v) is 7.87. The van der Waals surface area contributed by atoms with Crippen LogP contribution in [0.15, 0.2) is 24.3 Å². The summed E-state index contributed by atoms with van der Waals surface area (Å²) in [6, 6.07) is 7.54. The highest BCUT2D eigenvalue weighted by molar-refractivity contribution is 5.51. The van der Waals surface area contributed by atoms with Gasteiger partial charge in [-0.15, -0.1) is 0 Å². The average Bonchev–Trinajstić information content (AvgIpc) is 2.54. The summed E-state index contributed by atoms with van der Waals surface area (Å²) < 4.78 is 0. The molecule has 0 saturated carbocycles. The van der Waals surface area contributed by atoms with E-state index in [0.717, 1.165) is 31.6 Å². The molecular formula is C16H25N3O3. The van der Waals surface area contributed by atoms with Crippen molar-refractivity contribution in [3.63, 3.8) is 0 Å². The summed E-state index contributed by atoms with van der Waals surface area (Å²) in [5.74, 6) is 0.257. The van der Waals surface area contributed by atoms with E-state index in [2.05, 4.69) is 17.1 Å². The summed E-state index contributed by atoms with van der Waals surface area (Å²) in [7, 11) is 0. The van der Waals surface area contributed by atoms with Gasteiger partial charge in [0.25, 0.3) is 5.69 Å². The summed E-state index contributed by atoms with van der Waals surface area (Å²) in [5.41, 5.74) is 1.17. The van der Waals surface area contributed by atoms with Crippen molar-refractivity contribution < 1.29 is 10.0 Å². The van der Waals surface area contributed by atoms with E-state index in [9.17, 15) is 15.2 Å². The number of aliphatic hydroxyl groups excluding tert-OH is 1. The fourth-order valence-electron chi connectivity index (χ4n) is 2.78. The van der Waals surface area contributed by atoms with E-state index >= 15 is 0 Å². The number of anilines is 1. The van der Waals surface area contributed by atoms with Crippen LogP contribution in [-0.4, -0.2) is 41.8 Å². The third kappa shape index (κ3) is 4.18. The maximum absolute atomic E-state index is 10.7. The normalized spacial score (nSPS) is 19.0. The van der Waals surface area contributed by atoms with Crippen molar-refractivity contribution in [1.29, 1.82) is 0 Å². The molecule has 1 aromatic rings. The number of non-ortho nitro benzene ring substituents is 1. The average molecular weight is 307 g/mol. The zero-order valence-electron chi connectivity index (χ0n) is 13.2. The fraction of sp³-hybridized carbons (Fsp3) is 0.625. The molecule has 2 N–H and O–H groups in total. The first-order valence-electron chi connectivity index (χ1n) is 7.87. The maximum Gasteiger partial charge on any atom is 0.269 e. The summed E-state index contributed by atoms with van der Waals surface area (Å²) in [5, 5.41) is 23.5. The third-order valence-corrected chi connectivity index (χ3v) is 4.56. The van der Waals surface area contributed by atoms with Crippen LogP contribution in [0.5, 0.6) is 0 Å². The molecule has 0 bridgehead atoms. The quantitative estimate of drug-likeness (QED) is 0.622. The van der Waals surface area contributed by atoms with Crippen molar-refractivity contribution in [3.8, 4) is 0 Å². The van der Waals surface area contributed by atoms with E-state index in [-0.39, 0.29) is 23.1 Å². The van der Waals surface area contributed by atoms with Gasteiger partial charge in [0.05, 0.1) is 4.92 Å². The zero-order valence-corrected chi connectivity index (χ0v) is 13.2. The van der Waals surface area contributed by atoms with E-state index in [1.165, 1.54) is 0 Å². The number of nitro groups is 1. The SMILES string of the molecule is CC(CO)C(C)NC1CCN(c2ccc([N+](=O)[O-])cc2)CC1. The second-order valence-electron chi connectivity index (χ2n) is 6.15. The third-order valence-electron chi connectivity index (χ3n) is 4.56. The van der Waals surface area contributed by atoms with Crippen molar-refractivity contribution in [2.24, 2.45) is 5.92 Å². The van der Waals surface area contributed by atoms with Crippen LogP contribution in [0.2, 0.25) is 0 Å². The summed E-state index contributed by atoms with van der Waals surface area (Å²) in [4.78, 5) is 12.6. The van der Waals surface area contributed by atoms with Gasteiger partial charge in [-0.05, 0) is 37.8 Å². The predicted octanol–water partition coefficient (Wildman–Crippen LogP) is 2.17. The standard InChI is InChI=1S/C16H25N3O3/c1-12(11-20)13(2)17-14-7-9-18(10-8-14)15-3-5-16(6-4-15)19(21)22/h3-6,12-14,17,20H,7-11H2,1-2H3. The zero-order chi connectivity index (χ0) is 16.1. The highest BCUT2D eigenvalue weighted by Crippen LogP contribution is 2.23. The first-order chi connectivity index (χ1) is 10.5. The summed E-state index contributed by atoms with van der Waals surface area (Å²) in [6.45, 7) is 6.24. The van der Waals surface area contributed by atoms with Gasteiger partial charge >= 0.3 is 0 Å². The van der Waals surface area contributed by atoms with Crippen LogP contribution in [-0.2, 0) is 0 Å². The number of piperidine rings is 1. The molecule has 2 unspecified atom stereocenters. The first kappa shape index (κ1) is 16.7. The van der Waals surface area contributed by atoms with Crippen molar-refractivity contribution in [2.75, 3.05) is 24.6 Å². The molecule has 0 aliphatic carbocycles. The molecule has 122 valence electrons. The van der Waals surface area contributed by atoms with Crippen molar-refractivity contribution in [1.82, 2.24) is 5.32 Å². The number of benzene rings is 1. The summed E-state index contributed by atoms with van der Waals surface area (Å²) in [6.07, 6.45) is 2.08. The molecule has 1 aliphatic rings. The topological polar surface area (TPSA) is 78.6 Å². The van der Waals surface area contributed by atoms with Crippen LogP contribution in [0.1, 0.15) is 26.7 Å². The van der Waals surface area contributed by atoms with E-state index in [1.54, 1.807) is 12.1 Å². The Kier molecular flexibility index (Phi) is 5.74. The molecule has 22 heavy (non-hydrogen) atoms. The molecule has 1 saturated heterocycles. The molecule has 0 radical (unpaired) electrons. The van der Waals surface area contributed by atoms with Gasteiger partial charge in [-0.2, -0.15) is 0 Å². The van der Waals surface area contributed by atoms with Crippen molar-refractivity contribution >= 4 is 11.4 Å². The number of aliphatic hydroxyl groups is 1. The molecule has 1 aliphatic heterocycles. The monoisotopic (exact) mass is 307 g/mol. The lowest BCUT2D eigenvalue weighted by molar-refractivity contribution is -0.384. The molecule has 6 nitrogen and oxygen atoms in total. The Morgan fingerprint density at radius 3 is 2.41 bits per heavy atom. The van der Waals surface area contributed by atoms with Crippen LogP contribution in [0.3, 0.4) is 0 Å². The Balaban J connectivity index is 1.85. The lowest BCUT2D eigenvalue weighted by Crippen LogP contribution is -2.47. The van der Waals surface area contributed by atoms with Gasteiger partial charge in [0.1, 0.15) is 0 Å². The lowest BCUT2D eigenvalue weighted by atomic mass is 9.99. The van der Waals surface area contributed by atoms with E-state index in [4.69, 9.17) is 0 Å². The summed E-state index contributed by atoms with van der Waals surface area (Å²) >= 11 is 0. The van der Waals surface area contributed by atoms with Gasteiger partial charge in [-0.3, -0.25) is 10.1 Å². The van der Waals surface area contributed by atoms with Crippen LogP contribution in [0.25, 0.3) is 0 Å². The van der Waals surface area contributed by atoms with E-state index in [0.29, 0.717) is 12.1 Å². The second-order valence-corrected chi connectivity index (χ2v) is 6.15.